The van der Waals surface area contributed by atoms with Crippen LogP contribution in [-0.4, -0.2) is 31.4 Å². The SMILES string of the molecule is CCNC(=O)c1ccc(NC(=O)C(C)C2CNC2)c(C)c1. The summed E-state index contributed by atoms with van der Waals surface area (Å²) in [7, 11) is 0. The Bertz CT molecular complexity index is 538. The first-order chi connectivity index (χ1) is 10.0. The number of hydrogen-bond acceptors (Lipinski definition) is 3. The maximum absolute atomic E-state index is 12.2. The van der Waals surface area contributed by atoms with Gasteiger partial charge < -0.3 is 16.0 Å². The molecule has 114 valence electrons. The molecule has 2 amide bonds. The molecule has 3 N–H and O–H groups in total. The molecule has 0 bridgehead atoms. The molecule has 21 heavy (non-hydrogen) atoms. The van der Waals surface area contributed by atoms with E-state index in [0.717, 1.165) is 24.3 Å². The highest BCUT2D eigenvalue weighted by Gasteiger charge is 2.28. The molecule has 0 aromatic heterocycles. The van der Waals surface area contributed by atoms with Gasteiger partial charge in [0.2, 0.25) is 5.91 Å². The van der Waals surface area contributed by atoms with E-state index >= 15 is 0 Å². The van der Waals surface area contributed by atoms with Crippen molar-refractivity contribution in [2.24, 2.45) is 11.8 Å². The summed E-state index contributed by atoms with van der Waals surface area (Å²) in [6.45, 7) is 8.15. The average molecular weight is 289 g/mol. The predicted molar refractivity (Wildman–Crippen MR) is 83.3 cm³/mol. The molecule has 0 radical (unpaired) electrons. The van der Waals surface area contributed by atoms with E-state index in [9.17, 15) is 9.59 Å². The van der Waals surface area contributed by atoms with Crippen LogP contribution in [0.3, 0.4) is 0 Å². The zero-order valence-electron chi connectivity index (χ0n) is 12.8. The van der Waals surface area contributed by atoms with Gasteiger partial charge in [0, 0.05) is 23.7 Å². The summed E-state index contributed by atoms with van der Waals surface area (Å²) in [5.74, 6) is 0.358. The van der Waals surface area contributed by atoms with E-state index in [1.807, 2.05) is 20.8 Å². The number of carbonyl (C=O) groups excluding carboxylic acids is 2. The van der Waals surface area contributed by atoms with E-state index < -0.39 is 0 Å². The number of rotatable bonds is 5. The molecule has 0 aliphatic carbocycles. The normalized spacial score (nSPS) is 16.0. The second-order valence-corrected chi connectivity index (χ2v) is 5.59. The molecule has 1 aliphatic rings. The number of carbonyl (C=O) groups is 2. The molecule has 0 spiro atoms. The number of benzene rings is 1. The molecule has 1 fully saturated rings. The van der Waals surface area contributed by atoms with Crippen LogP contribution in [0.15, 0.2) is 18.2 Å². The highest BCUT2D eigenvalue weighted by Crippen LogP contribution is 2.21. The number of anilines is 1. The minimum Gasteiger partial charge on any atom is -0.352 e. The molecule has 1 heterocycles. The Labute approximate surface area is 125 Å². The fourth-order valence-electron chi connectivity index (χ4n) is 2.33. The summed E-state index contributed by atoms with van der Waals surface area (Å²) in [5.41, 5.74) is 2.28. The average Bonchev–Trinajstić information content (AvgIpc) is 2.39. The van der Waals surface area contributed by atoms with Crippen LogP contribution in [0.4, 0.5) is 5.69 Å². The lowest BCUT2D eigenvalue weighted by Gasteiger charge is -2.31. The monoisotopic (exact) mass is 289 g/mol. The summed E-state index contributed by atoms with van der Waals surface area (Å²) in [4.78, 5) is 24.0. The van der Waals surface area contributed by atoms with Crippen molar-refractivity contribution in [3.8, 4) is 0 Å². The number of amides is 2. The lowest BCUT2D eigenvalue weighted by molar-refractivity contribution is -0.121. The second kappa shape index (κ2) is 6.72. The van der Waals surface area contributed by atoms with Gasteiger partial charge >= 0.3 is 0 Å². The lowest BCUT2D eigenvalue weighted by Crippen LogP contribution is -2.48. The molecular formula is C16H23N3O2. The van der Waals surface area contributed by atoms with Crippen molar-refractivity contribution in [1.82, 2.24) is 10.6 Å². The second-order valence-electron chi connectivity index (χ2n) is 5.59. The quantitative estimate of drug-likeness (QED) is 0.770. The number of nitrogens with one attached hydrogen (secondary N) is 3. The van der Waals surface area contributed by atoms with Gasteiger partial charge in [0.05, 0.1) is 0 Å². The van der Waals surface area contributed by atoms with Crippen LogP contribution in [0.5, 0.6) is 0 Å². The Kier molecular flexibility index (Phi) is 4.96. The van der Waals surface area contributed by atoms with Gasteiger partial charge in [0.25, 0.3) is 5.91 Å². The summed E-state index contributed by atoms with van der Waals surface area (Å²) in [5, 5.41) is 8.90. The zero-order chi connectivity index (χ0) is 15.4. The largest absolute Gasteiger partial charge is 0.352 e. The van der Waals surface area contributed by atoms with Gasteiger partial charge in [-0.05, 0) is 56.6 Å². The van der Waals surface area contributed by atoms with Crippen LogP contribution in [0.2, 0.25) is 0 Å². The predicted octanol–water partition coefficient (Wildman–Crippen LogP) is 1.54. The smallest absolute Gasteiger partial charge is 0.251 e. The van der Waals surface area contributed by atoms with Crippen LogP contribution in [0.1, 0.15) is 29.8 Å². The Morgan fingerprint density at radius 1 is 1.38 bits per heavy atom. The minimum absolute atomic E-state index is 0.00582. The lowest BCUT2D eigenvalue weighted by atomic mass is 9.88. The molecule has 1 aliphatic heterocycles. The van der Waals surface area contributed by atoms with Crippen molar-refractivity contribution in [3.63, 3.8) is 0 Å². The van der Waals surface area contributed by atoms with Gasteiger partial charge in [-0.15, -0.1) is 0 Å². The van der Waals surface area contributed by atoms with Crippen molar-refractivity contribution in [3.05, 3.63) is 29.3 Å². The first-order valence-corrected chi connectivity index (χ1v) is 7.43. The van der Waals surface area contributed by atoms with Gasteiger partial charge in [0.1, 0.15) is 0 Å². The van der Waals surface area contributed by atoms with Crippen molar-refractivity contribution in [1.29, 1.82) is 0 Å². The maximum Gasteiger partial charge on any atom is 0.251 e. The molecular weight excluding hydrogens is 266 g/mol. The number of aryl methyl sites for hydroxylation is 1. The van der Waals surface area contributed by atoms with Gasteiger partial charge in [-0.3, -0.25) is 9.59 Å². The van der Waals surface area contributed by atoms with Crippen LogP contribution < -0.4 is 16.0 Å². The first-order valence-electron chi connectivity index (χ1n) is 7.43. The van der Waals surface area contributed by atoms with Gasteiger partial charge in [0.15, 0.2) is 0 Å². The standard InChI is InChI=1S/C16H23N3O2/c1-4-18-16(21)12-5-6-14(10(2)7-12)19-15(20)11(3)13-8-17-9-13/h5-7,11,13,17H,4,8-9H2,1-3H3,(H,18,21)(H,19,20). The number of hydrogen-bond donors (Lipinski definition) is 3. The fourth-order valence-corrected chi connectivity index (χ4v) is 2.33. The molecule has 2 rings (SSSR count). The van der Waals surface area contributed by atoms with E-state index in [2.05, 4.69) is 16.0 Å². The third-order valence-corrected chi connectivity index (χ3v) is 4.02. The summed E-state index contributed by atoms with van der Waals surface area (Å²) in [6, 6.07) is 5.34. The molecule has 5 heteroatoms. The first kappa shape index (κ1) is 15.5. The Morgan fingerprint density at radius 2 is 2.10 bits per heavy atom. The van der Waals surface area contributed by atoms with Crippen molar-refractivity contribution < 1.29 is 9.59 Å². The van der Waals surface area contributed by atoms with Crippen LogP contribution >= 0.6 is 0 Å². The molecule has 1 aromatic rings. The zero-order valence-corrected chi connectivity index (χ0v) is 12.8. The molecule has 1 atom stereocenters. The van der Waals surface area contributed by atoms with Gasteiger partial charge in [-0.1, -0.05) is 6.92 Å². The van der Waals surface area contributed by atoms with E-state index in [1.165, 1.54) is 0 Å². The van der Waals surface area contributed by atoms with E-state index in [1.54, 1.807) is 18.2 Å². The van der Waals surface area contributed by atoms with E-state index in [0.29, 0.717) is 18.0 Å². The fraction of sp³-hybridized carbons (Fsp3) is 0.500. The highest BCUT2D eigenvalue weighted by molar-refractivity contribution is 5.97. The van der Waals surface area contributed by atoms with Crippen LogP contribution in [0, 0.1) is 18.8 Å². The van der Waals surface area contributed by atoms with Crippen molar-refractivity contribution in [2.75, 3.05) is 25.0 Å². The third kappa shape index (κ3) is 3.61. The molecule has 1 unspecified atom stereocenters. The Hall–Kier alpha value is -1.88. The van der Waals surface area contributed by atoms with E-state index in [4.69, 9.17) is 0 Å². The van der Waals surface area contributed by atoms with Crippen LogP contribution in [-0.2, 0) is 4.79 Å². The summed E-state index contributed by atoms with van der Waals surface area (Å²) < 4.78 is 0. The topological polar surface area (TPSA) is 70.2 Å². The summed E-state index contributed by atoms with van der Waals surface area (Å²) >= 11 is 0. The molecule has 5 nitrogen and oxygen atoms in total. The Morgan fingerprint density at radius 3 is 2.62 bits per heavy atom. The Balaban J connectivity index is 2.03. The maximum atomic E-state index is 12.2. The van der Waals surface area contributed by atoms with Gasteiger partial charge in [-0.25, -0.2) is 0 Å². The molecule has 0 saturated carbocycles. The molecule has 1 aromatic carbocycles. The van der Waals surface area contributed by atoms with E-state index in [-0.39, 0.29) is 17.7 Å². The van der Waals surface area contributed by atoms with Crippen molar-refractivity contribution >= 4 is 17.5 Å². The molecule has 1 saturated heterocycles. The summed E-state index contributed by atoms with van der Waals surface area (Å²) in [6.07, 6.45) is 0. The minimum atomic E-state index is -0.0904. The third-order valence-electron chi connectivity index (χ3n) is 4.02. The van der Waals surface area contributed by atoms with Crippen molar-refractivity contribution in [2.45, 2.75) is 20.8 Å². The van der Waals surface area contributed by atoms with Gasteiger partial charge in [-0.2, -0.15) is 0 Å². The highest BCUT2D eigenvalue weighted by atomic mass is 16.2. The van der Waals surface area contributed by atoms with Crippen LogP contribution in [0.25, 0.3) is 0 Å².